The summed E-state index contributed by atoms with van der Waals surface area (Å²) in [6, 6.07) is -1.35. The van der Waals surface area contributed by atoms with Crippen LogP contribution in [0, 0.1) is 11.3 Å². The first-order valence-electron chi connectivity index (χ1n) is 13.8. The van der Waals surface area contributed by atoms with E-state index in [0.717, 1.165) is 0 Å². The van der Waals surface area contributed by atoms with Crippen molar-refractivity contribution >= 4 is 29.1 Å². The number of methoxy groups -OCH3 is 2. The zero-order valence-electron chi connectivity index (χ0n) is 24.7. The molecule has 2 aliphatic carbocycles. The minimum Gasteiger partial charge on any atom is -0.492 e. The molecule has 2 bridgehead atoms. The van der Waals surface area contributed by atoms with Gasteiger partial charge in [-0.2, -0.15) is 5.26 Å². The molecule has 0 aromatic heterocycles. The van der Waals surface area contributed by atoms with Gasteiger partial charge in [-0.15, -0.1) is 0 Å². The van der Waals surface area contributed by atoms with Gasteiger partial charge < -0.3 is 14.2 Å². The molecule has 1 saturated heterocycles. The molecule has 0 saturated carbocycles. The van der Waals surface area contributed by atoms with Crippen molar-refractivity contribution in [2.45, 2.75) is 70.7 Å². The van der Waals surface area contributed by atoms with Crippen LogP contribution < -0.4 is 0 Å². The van der Waals surface area contributed by atoms with Gasteiger partial charge in [0.15, 0.2) is 23.1 Å². The van der Waals surface area contributed by atoms with Crippen LogP contribution in [-0.4, -0.2) is 97.0 Å². The molecule has 5 atom stereocenters. The fourth-order valence-electron chi connectivity index (χ4n) is 7.16. The number of esters is 1. The van der Waals surface area contributed by atoms with Gasteiger partial charge in [0.1, 0.15) is 12.6 Å². The summed E-state index contributed by atoms with van der Waals surface area (Å²) in [4.78, 5) is 71.3. The highest BCUT2D eigenvalue weighted by atomic mass is 16.5. The van der Waals surface area contributed by atoms with Gasteiger partial charge in [0.25, 0.3) is 0 Å². The smallest absolute Gasteiger partial charge is 0.333 e. The lowest BCUT2D eigenvalue weighted by Crippen LogP contribution is -2.74. The fraction of sp³-hybridized carbons (Fsp3) is 0.484. The van der Waals surface area contributed by atoms with Crippen LogP contribution in [0.3, 0.4) is 0 Å². The number of ketones is 4. The van der Waals surface area contributed by atoms with Crippen molar-refractivity contribution in [3.05, 3.63) is 56.6 Å². The fourth-order valence-corrected chi connectivity index (χ4v) is 7.16. The lowest BCUT2D eigenvalue weighted by Gasteiger charge is -2.60. The van der Waals surface area contributed by atoms with Gasteiger partial charge in [0, 0.05) is 51.1 Å². The Hall–Kier alpha value is -4.14. The molecule has 5 rings (SSSR count). The number of nitriles is 1. The van der Waals surface area contributed by atoms with Gasteiger partial charge in [-0.25, -0.2) is 4.79 Å². The van der Waals surface area contributed by atoms with E-state index in [1.165, 1.54) is 21.1 Å². The lowest BCUT2D eigenvalue weighted by molar-refractivity contribution is -0.143. The monoisotopic (exact) mass is 575 g/mol. The average Bonchev–Trinajstić information content (AvgIpc) is 2.97. The molecule has 5 aliphatic rings. The quantitative estimate of drug-likeness (QED) is 0.268. The second-order valence-electron chi connectivity index (χ2n) is 11.2. The number of carbonyl (C=O) groups excluding carboxylic acids is 5. The maximum absolute atomic E-state index is 13.8. The number of rotatable bonds is 5. The van der Waals surface area contributed by atoms with E-state index in [1.807, 2.05) is 9.80 Å². The van der Waals surface area contributed by atoms with Crippen LogP contribution in [0.15, 0.2) is 56.6 Å². The van der Waals surface area contributed by atoms with Crippen molar-refractivity contribution in [1.82, 2.24) is 9.80 Å². The molecule has 0 radical (unpaired) electrons. The number of hydrogen-bond acceptors (Lipinski definition) is 11. The van der Waals surface area contributed by atoms with Gasteiger partial charge >= 0.3 is 5.97 Å². The second kappa shape index (κ2) is 10.6. The van der Waals surface area contributed by atoms with E-state index >= 15 is 0 Å². The summed E-state index contributed by atoms with van der Waals surface area (Å²) in [5.41, 5.74) is 1.71. The SMILES string of the molecule is C/C=C(/C)C(=O)OC[C@H]1C2=C(C[C@H]3[C@@H]4C5=C(C[C@H]([C@H](C#N)N13)N4C)C(=O)C(C)=C(OC)C5=O)C(=O)C(C)=C(OC)C2=O. The topological polar surface area (TPSA) is 143 Å². The number of carbonyl (C=O) groups is 5. The molecule has 11 heteroatoms. The lowest BCUT2D eigenvalue weighted by atomic mass is 9.67. The Kier molecular flexibility index (Phi) is 7.41. The molecule has 0 aromatic rings. The molecule has 0 aromatic carbocycles. The third-order valence-electron chi connectivity index (χ3n) is 9.34. The molecule has 3 heterocycles. The van der Waals surface area contributed by atoms with Crippen LogP contribution in [0.25, 0.3) is 0 Å². The zero-order valence-corrected chi connectivity index (χ0v) is 24.7. The van der Waals surface area contributed by atoms with E-state index < -0.39 is 47.7 Å². The van der Waals surface area contributed by atoms with Crippen LogP contribution in [0.1, 0.15) is 40.5 Å². The minimum atomic E-state index is -0.971. The average molecular weight is 576 g/mol. The Morgan fingerprint density at radius 2 is 1.45 bits per heavy atom. The van der Waals surface area contributed by atoms with E-state index in [1.54, 1.807) is 33.9 Å². The maximum atomic E-state index is 13.8. The minimum absolute atomic E-state index is 0.0324. The number of nitrogens with zero attached hydrogens (tertiary/aromatic N) is 3. The molecule has 3 aliphatic heterocycles. The van der Waals surface area contributed by atoms with Crippen molar-refractivity contribution in [3.8, 4) is 6.07 Å². The predicted molar refractivity (Wildman–Crippen MR) is 147 cm³/mol. The van der Waals surface area contributed by atoms with Crippen molar-refractivity contribution in [3.63, 3.8) is 0 Å². The number of hydrogen-bond donors (Lipinski definition) is 0. The number of ether oxygens (including phenoxy) is 3. The van der Waals surface area contributed by atoms with E-state index in [-0.39, 0.29) is 70.4 Å². The Morgan fingerprint density at radius 3 is 1.98 bits per heavy atom. The molecule has 0 spiro atoms. The van der Waals surface area contributed by atoms with Gasteiger partial charge in [-0.05, 0) is 47.6 Å². The molecule has 1 fully saturated rings. The summed E-state index contributed by atoms with van der Waals surface area (Å²) in [5.74, 6) is -2.32. The molecule has 11 nitrogen and oxygen atoms in total. The first kappa shape index (κ1) is 29.4. The summed E-state index contributed by atoms with van der Waals surface area (Å²) in [6.45, 7) is 6.05. The normalized spacial score (nSPS) is 30.2. The molecular formula is C31H33N3O8. The van der Waals surface area contributed by atoms with Crippen molar-refractivity contribution in [2.24, 2.45) is 0 Å². The Balaban J connectivity index is 1.71. The van der Waals surface area contributed by atoms with E-state index in [9.17, 15) is 29.2 Å². The molecule has 0 unspecified atom stereocenters. The van der Waals surface area contributed by atoms with Crippen LogP contribution in [0.5, 0.6) is 0 Å². The number of allylic oxidation sites excluding steroid dienone is 5. The van der Waals surface area contributed by atoms with Crippen LogP contribution >= 0.6 is 0 Å². The second-order valence-corrected chi connectivity index (χ2v) is 11.2. The standard InChI is InChI=1S/C31H33N3O8/c1-8-13(2)31(39)42-12-21-22-16(25(35)14(3)29(40-6)27(22)37)10-19-24-23-17(26(36)15(4)30(41-7)28(23)38)9-18(33(24)5)20(11-32)34(19)21/h8,18-21,24H,9-10,12H2,1-7H3/b13-8-/t18-,19+,20+,21+,24-/m1/s1. The summed E-state index contributed by atoms with van der Waals surface area (Å²) < 4.78 is 16.4. The highest BCUT2D eigenvalue weighted by Crippen LogP contribution is 2.49. The maximum Gasteiger partial charge on any atom is 0.333 e. The van der Waals surface area contributed by atoms with Crippen molar-refractivity contribution in [2.75, 3.05) is 27.9 Å². The molecular weight excluding hydrogens is 542 g/mol. The number of fused-ring (bicyclic) bond motifs is 5. The molecule has 220 valence electrons. The van der Waals surface area contributed by atoms with Gasteiger partial charge in [-0.3, -0.25) is 29.0 Å². The Morgan fingerprint density at radius 1 is 0.929 bits per heavy atom. The first-order chi connectivity index (χ1) is 19.9. The highest BCUT2D eigenvalue weighted by Gasteiger charge is 2.60. The van der Waals surface area contributed by atoms with Crippen LogP contribution in [-0.2, 0) is 38.2 Å². The summed E-state index contributed by atoms with van der Waals surface area (Å²) in [5, 5.41) is 10.5. The Labute approximate surface area is 243 Å². The molecule has 42 heavy (non-hydrogen) atoms. The summed E-state index contributed by atoms with van der Waals surface area (Å²) in [7, 11) is 4.45. The third-order valence-corrected chi connectivity index (χ3v) is 9.34. The zero-order chi connectivity index (χ0) is 30.8. The van der Waals surface area contributed by atoms with Crippen molar-refractivity contribution in [1.29, 1.82) is 5.26 Å². The predicted octanol–water partition coefficient (Wildman–Crippen LogP) is 1.65. The van der Waals surface area contributed by atoms with Gasteiger partial charge in [0.05, 0.1) is 32.4 Å². The highest BCUT2D eigenvalue weighted by molar-refractivity contribution is 6.26. The number of Topliss-reactive ketones (excluding diaryl/α,β-unsaturated/α-hetero) is 4. The summed E-state index contributed by atoms with van der Waals surface area (Å²) in [6.07, 6.45) is 1.77. The first-order valence-corrected chi connectivity index (χ1v) is 13.8. The molecule has 0 N–H and O–H groups in total. The largest absolute Gasteiger partial charge is 0.492 e. The van der Waals surface area contributed by atoms with Crippen LogP contribution in [0.2, 0.25) is 0 Å². The van der Waals surface area contributed by atoms with Gasteiger partial charge in [0.2, 0.25) is 11.6 Å². The van der Waals surface area contributed by atoms with Crippen LogP contribution in [0.4, 0.5) is 0 Å². The number of likely N-dealkylation sites (N-methyl/N-ethyl adjacent to an activating group) is 1. The van der Waals surface area contributed by atoms with Crippen molar-refractivity contribution < 1.29 is 38.2 Å². The Bertz CT molecular complexity index is 1550. The van der Waals surface area contributed by atoms with E-state index in [0.29, 0.717) is 11.1 Å². The van der Waals surface area contributed by atoms with Gasteiger partial charge in [-0.1, -0.05) is 6.08 Å². The third kappa shape index (κ3) is 3.96. The van der Waals surface area contributed by atoms with E-state index in [4.69, 9.17) is 14.2 Å². The van der Waals surface area contributed by atoms with E-state index in [2.05, 4.69) is 6.07 Å². The molecule has 0 amide bonds. The number of piperazine rings is 1. The summed E-state index contributed by atoms with van der Waals surface area (Å²) >= 11 is 0.